The second-order valence-electron chi connectivity index (χ2n) is 5.61. The first-order valence-electron chi connectivity index (χ1n) is 7.57. The van der Waals surface area contributed by atoms with Crippen LogP contribution < -0.4 is 5.56 Å². The van der Waals surface area contributed by atoms with Gasteiger partial charge in [0.25, 0.3) is 5.56 Å². The van der Waals surface area contributed by atoms with Crippen molar-refractivity contribution in [1.82, 2.24) is 9.97 Å². The van der Waals surface area contributed by atoms with Crippen molar-refractivity contribution in [2.24, 2.45) is 0 Å². The van der Waals surface area contributed by atoms with Crippen LogP contribution in [0.15, 0.2) is 29.1 Å². The Bertz CT molecular complexity index is 708. The number of halogens is 1. The Balaban J connectivity index is 2.08. The fourth-order valence-electron chi connectivity index (χ4n) is 3.13. The second kappa shape index (κ2) is 6.30. The Morgan fingerprint density at radius 3 is 3.00 bits per heavy atom. The van der Waals surface area contributed by atoms with Crippen LogP contribution in [0, 0.1) is 3.57 Å². The summed E-state index contributed by atoms with van der Waals surface area (Å²) in [5.41, 5.74) is 3.68. The molecule has 0 fully saturated rings. The van der Waals surface area contributed by atoms with E-state index < -0.39 is 0 Å². The van der Waals surface area contributed by atoms with Crippen LogP contribution in [0.2, 0.25) is 0 Å². The summed E-state index contributed by atoms with van der Waals surface area (Å²) in [5, 5.41) is 0. The van der Waals surface area contributed by atoms with Gasteiger partial charge in [0.05, 0.1) is 9.26 Å². The van der Waals surface area contributed by atoms with Gasteiger partial charge in [-0.3, -0.25) is 4.79 Å². The van der Waals surface area contributed by atoms with Gasteiger partial charge in [0, 0.05) is 5.92 Å². The van der Waals surface area contributed by atoms with Gasteiger partial charge in [0.2, 0.25) is 0 Å². The summed E-state index contributed by atoms with van der Waals surface area (Å²) in [6.07, 6.45) is 5.21. The summed E-state index contributed by atoms with van der Waals surface area (Å²) >= 11 is 2.11. The first kappa shape index (κ1) is 14.8. The first-order valence-corrected chi connectivity index (χ1v) is 8.65. The maximum absolute atomic E-state index is 12.2. The van der Waals surface area contributed by atoms with Crippen molar-refractivity contribution in [2.45, 2.75) is 44.9 Å². The molecule has 1 N–H and O–H groups in total. The van der Waals surface area contributed by atoms with Gasteiger partial charge in [0.1, 0.15) is 5.82 Å². The molecule has 4 heteroatoms. The Morgan fingerprint density at radius 1 is 1.38 bits per heavy atom. The maximum atomic E-state index is 12.2. The van der Waals surface area contributed by atoms with Gasteiger partial charge in [-0.15, -0.1) is 0 Å². The average Bonchev–Trinajstić information content (AvgIpc) is 2.51. The van der Waals surface area contributed by atoms with Crippen LogP contribution in [0.5, 0.6) is 0 Å². The van der Waals surface area contributed by atoms with Crippen molar-refractivity contribution >= 4 is 22.6 Å². The summed E-state index contributed by atoms with van der Waals surface area (Å²) in [6, 6.07) is 8.54. The van der Waals surface area contributed by atoms with E-state index in [1.165, 1.54) is 11.1 Å². The quantitative estimate of drug-likeness (QED) is 0.806. The minimum Gasteiger partial charge on any atom is -0.309 e. The number of nitrogens with one attached hydrogen (secondary N) is 1. The highest BCUT2D eigenvalue weighted by Crippen LogP contribution is 2.34. The molecule has 0 radical (unpaired) electrons. The van der Waals surface area contributed by atoms with Crippen LogP contribution in [0.25, 0.3) is 0 Å². The van der Waals surface area contributed by atoms with Crippen LogP contribution in [-0.4, -0.2) is 9.97 Å². The number of fused-ring (bicyclic) bond motifs is 1. The largest absolute Gasteiger partial charge is 0.309 e. The molecule has 110 valence electrons. The van der Waals surface area contributed by atoms with Crippen LogP contribution in [-0.2, 0) is 12.8 Å². The first-order chi connectivity index (χ1) is 10.2. The van der Waals surface area contributed by atoms with Crippen LogP contribution >= 0.6 is 22.6 Å². The summed E-state index contributed by atoms with van der Waals surface area (Å²) < 4.78 is 0.738. The smallest absolute Gasteiger partial charge is 0.264 e. The molecular weight excluding hydrogens is 375 g/mol. The van der Waals surface area contributed by atoms with Crippen molar-refractivity contribution in [1.29, 1.82) is 0 Å². The number of hydrogen-bond donors (Lipinski definition) is 1. The topological polar surface area (TPSA) is 45.8 Å². The van der Waals surface area contributed by atoms with E-state index in [-0.39, 0.29) is 11.5 Å². The monoisotopic (exact) mass is 394 g/mol. The minimum atomic E-state index is 0.00658. The summed E-state index contributed by atoms with van der Waals surface area (Å²) in [7, 11) is 0. The third-order valence-electron chi connectivity index (χ3n) is 4.14. The molecule has 0 bridgehead atoms. The van der Waals surface area contributed by atoms with E-state index in [0.29, 0.717) is 0 Å². The van der Waals surface area contributed by atoms with Crippen molar-refractivity contribution in [3.63, 3.8) is 0 Å². The summed E-state index contributed by atoms with van der Waals surface area (Å²) in [4.78, 5) is 20.0. The molecule has 21 heavy (non-hydrogen) atoms. The highest BCUT2D eigenvalue weighted by atomic mass is 127. The molecule has 3 nitrogen and oxygen atoms in total. The molecule has 1 aromatic heterocycles. The van der Waals surface area contributed by atoms with Gasteiger partial charge in [-0.1, -0.05) is 37.6 Å². The molecule has 0 saturated heterocycles. The lowest BCUT2D eigenvalue weighted by Crippen LogP contribution is -2.22. The lowest BCUT2D eigenvalue weighted by Gasteiger charge is -2.25. The van der Waals surface area contributed by atoms with Crippen molar-refractivity contribution in [3.8, 4) is 0 Å². The normalized spacial score (nSPS) is 17.5. The Morgan fingerprint density at radius 2 is 2.19 bits per heavy atom. The SMILES string of the molecule is CCCc1nc(C2CCCc3ccccc32)[nH]c(=O)c1I. The predicted molar refractivity (Wildman–Crippen MR) is 92.8 cm³/mol. The lowest BCUT2D eigenvalue weighted by molar-refractivity contribution is 0.584. The van der Waals surface area contributed by atoms with Gasteiger partial charge < -0.3 is 4.98 Å². The molecule has 1 unspecified atom stereocenters. The number of aryl methyl sites for hydroxylation is 2. The number of aromatic nitrogens is 2. The highest BCUT2D eigenvalue weighted by Gasteiger charge is 2.24. The predicted octanol–water partition coefficient (Wildman–Crippen LogP) is 3.80. The zero-order chi connectivity index (χ0) is 14.8. The van der Waals surface area contributed by atoms with E-state index in [2.05, 4.69) is 58.8 Å². The molecule has 1 atom stereocenters. The van der Waals surface area contributed by atoms with Crippen LogP contribution in [0.4, 0.5) is 0 Å². The average molecular weight is 394 g/mol. The molecule has 1 aliphatic carbocycles. The standard InChI is InChI=1S/C17H19IN2O/c1-2-6-14-15(18)17(21)20-16(19-14)13-10-5-8-11-7-3-4-9-12(11)13/h3-4,7,9,13H,2,5-6,8,10H2,1H3,(H,19,20,21). The van der Waals surface area contributed by atoms with E-state index >= 15 is 0 Å². The highest BCUT2D eigenvalue weighted by molar-refractivity contribution is 14.1. The minimum absolute atomic E-state index is 0.00658. The molecule has 1 heterocycles. The van der Waals surface area contributed by atoms with Crippen LogP contribution in [0.1, 0.15) is 54.7 Å². The Kier molecular flexibility index (Phi) is 4.42. The molecule has 2 aromatic rings. The van der Waals surface area contributed by atoms with E-state index in [9.17, 15) is 4.79 Å². The van der Waals surface area contributed by atoms with Gasteiger partial charge >= 0.3 is 0 Å². The zero-order valence-corrected chi connectivity index (χ0v) is 14.3. The van der Waals surface area contributed by atoms with Crippen molar-refractivity contribution < 1.29 is 0 Å². The number of nitrogens with zero attached hydrogens (tertiary/aromatic N) is 1. The summed E-state index contributed by atoms with van der Waals surface area (Å²) in [6.45, 7) is 2.12. The number of aromatic amines is 1. The second-order valence-corrected chi connectivity index (χ2v) is 6.68. The molecule has 0 saturated carbocycles. The van der Waals surface area contributed by atoms with Gasteiger partial charge in [0.15, 0.2) is 0 Å². The van der Waals surface area contributed by atoms with Gasteiger partial charge in [-0.2, -0.15) is 0 Å². The molecule has 0 aliphatic heterocycles. The fraction of sp³-hybridized carbons (Fsp3) is 0.412. The van der Waals surface area contributed by atoms with E-state index in [0.717, 1.165) is 47.2 Å². The van der Waals surface area contributed by atoms with Crippen molar-refractivity contribution in [3.05, 3.63) is 60.8 Å². The number of benzene rings is 1. The Labute approximate surface area is 138 Å². The molecule has 1 aromatic carbocycles. The van der Waals surface area contributed by atoms with E-state index in [4.69, 9.17) is 4.98 Å². The van der Waals surface area contributed by atoms with Crippen molar-refractivity contribution in [2.75, 3.05) is 0 Å². The number of rotatable bonds is 3. The van der Waals surface area contributed by atoms with Crippen LogP contribution in [0.3, 0.4) is 0 Å². The fourth-order valence-corrected chi connectivity index (χ4v) is 3.66. The van der Waals surface area contributed by atoms with E-state index in [1.807, 2.05) is 0 Å². The molecular formula is C17H19IN2O. The van der Waals surface area contributed by atoms with Gasteiger partial charge in [-0.25, -0.2) is 4.98 Å². The third-order valence-corrected chi connectivity index (χ3v) is 5.25. The van der Waals surface area contributed by atoms with Gasteiger partial charge in [-0.05, 0) is 59.4 Å². The number of hydrogen-bond acceptors (Lipinski definition) is 2. The molecule has 3 rings (SSSR count). The van der Waals surface area contributed by atoms with E-state index in [1.54, 1.807) is 0 Å². The number of H-pyrrole nitrogens is 1. The third kappa shape index (κ3) is 2.91. The molecule has 0 amide bonds. The maximum Gasteiger partial charge on any atom is 0.264 e. The summed E-state index contributed by atoms with van der Waals surface area (Å²) in [5.74, 6) is 1.08. The Hall–Kier alpha value is -1.17. The molecule has 0 spiro atoms. The lowest BCUT2D eigenvalue weighted by atomic mass is 9.82. The zero-order valence-electron chi connectivity index (χ0n) is 12.2. The molecule has 1 aliphatic rings.